The lowest BCUT2D eigenvalue weighted by atomic mass is 10.1. The van der Waals surface area contributed by atoms with Gasteiger partial charge in [0.15, 0.2) is 0 Å². The Balaban J connectivity index is 2.77. The predicted molar refractivity (Wildman–Crippen MR) is 67.7 cm³/mol. The summed E-state index contributed by atoms with van der Waals surface area (Å²) >= 11 is 3.20. The lowest BCUT2D eigenvalue weighted by Crippen LogP contribution is -2.50. The summed E-state index contributed by atoms with van der Waals surface area (Å²) in [6.07, 6.45) is -0.0882. The van der Waals surface area contributed by atoms with E-state index < -0.39 is 23.2 Å². The Labute approximate surface area is 112 Å². The molecule has 2 N–H and O–H groups in total. The molecular weight excluding hydrogens is 305 g/mol. The van der Waals surface area contributed by atoms with Gasteiger partial charge in [-0.05, 0) is 37.6 Å². The number of carboxylic acids is 1. The molecule has 0 saturated carbocycles. The molecule has 1 aromatic rings. The van der Waals surface area contributed by atoms with Crippen LogP contribution in [0.5, 0.6) is 0 Å². The summed E-state index contributed by atoms with van der Waals surface area (Å²) in [6.45, 7) is 2.77. The van der Waals surface area contributed by atoms with Crippen molar-refractivity contribution in [2.45, 2.75) is 25.8 Å². The van der Waals surface area contributed by atoms with E-state index in [2.05, 4.69) is 21.2 Å². The Bertz CT molecular complexity index is 488. The van der Waals surface area contributed by atoms with Gasteiger partial charge in [-0.2, -0.15) is 0 Å². The molecule has 4 nitrogen and oxygen atoms in total. The van der Waals surface area contributed by atoms with Crippen LogP contribution in [-0.2, 0) is 16.0 Å². The Morgan fingerprint density at radius 2 is 2.06 bits per heavy atom. The van der Waals surface area contributed by atoms with Crippen molar-refractivity contribution in [3.8, 4) is 0 Å². The van der Waals surface area contributed by atoms with Gasteiger partial charge >= 0.3 is 5.97 Å². The molecule has 6 heteroatoms. The van der Waals surface area contributed by atoms with E-state index in [1.54, 1.807) is 0 Å². The molecule has 0 atom stereocenters. The van der Waals surface area contributed by atoms with Gasteiger partial charge in [0.1, 0.15) is 11.4 Å². The smallest absolute Gasteiger partial charge is 0.328 e. The minimum atomic E-state index is -1.35. The van der Waals surface area contributed by atoms with Crippen molar-refractivity contribution < 1.29 is 19.1 Å². The molecule has 0 heterocycles. The van der Waals surface area contributed by atoms with Crippen molar-refractivity contribution in [1.29, 1.82) is 0 Å². The fraction of sp³-hybridized carbons (Fsp3) is 0.333. The van der Waals surface area contributed by atoms with E-state index in [1.165, 1.54) is 32.0 Å². The van der Waals surface area contributed by atoms with Crippen molar-refractivity contribution in [2.24, 2.45) is 0 Å². The molecule has 0 aliphatic heterocycles. The van der Waals surface area contributed by atoms with E-state index >= 15 is 0 Å². The monoisotopic (exact) mass is 317 g/mol. The molecule has 0 aliphatic carbocycles. The van der Waals surface area contributed by atoms with E-state index in [1.807, 2.05) is 0 Å². The molecule has 0 saturated heterocycles. The first-order chi connectivity index (χ1) is 8.22. The number of hydrogen-bond donors (Lipinski definition) is 2. The van der Waals surface area contributed by atoms with Crippen LogP contribution in [0.1, 0.15) is 19.4 Å². The van der Waals surface area contributed by atoms with Crippen molar-refractivity contribution in [2.75, 3.05) is 0 Å². The van der Waals surface area contributed by atoms with Crippen LogP contribution in [0.3, 0.4) is 0 Å². The van der Waals surface area contributed by atoms with Crippen molar-refractivity contribution in [3.05, 3.63) is 34.1 Å². The Kier molecular flexibility index (Phi) is 4.45. The number of amides is 1. The summed E-state index contributed by atoms with van der Waals surface area (Å²) in [5.41, 5.74) is -0.884. The third-order valence-corrected chi connectivity index (χ3v) is 3.12. The number of nitrogens with one attached hydrogen (secondary N) is 1. The SMILES string of the molecule is CC(C)(NC(=O)Cc1cc(F)ccc1Br)C(=O)O. The van der Waals surface area contributed by atoms with Crippen LogP contribution >= 0.6 is 15.9 Å². The Morgan fingerprint density at radius 3 is 2.61 bits per heavy atom. The molecule has 0 radical (unpaired) electrons. The molecule has 0 aromatic heterocycles. The summed E-state index contributed by atoms with van der Waals surface area (Å²) in [6, 6.07) is 4.00. The number of carbonyl (C=O) groups excluding carboxylic acids is 1. The average molecular weight is 318 g/mol. The van der Waals surface area contributed by atoms with Crippen LogP contribution in [0.25, 0.3) is 0 Å². The first-order valence-electron chi connectivity index (χ1n) is 5.20. The van der Waals surface area contributed by atoms with E-state index in [0.717, 1.165) is 0 Å². The van der Waals surface area contributed by atoms with Gasteiger partial charge in [0.05, 0.1) is 6.42 Å². The largest absolute Gasteiger partial charge is 0.480 e. The molecule has 0 bridgehead atoms. The molecule has 0 aliphatic rings. The van der Waals surface area contributed by atoms with E-state index in [-0.39, 0.29) is 6.42 Å². The summed E-state index contributed by atoms with van der Waals surface area (Å²) < 4.78 is 13.6. The van der Waals surface area contributed by atoms with Crippen LogP contribution in [0, 0.1) is 5.82 Å². The minimum Gasteiger partial charge on any atom is -0.480 e. The molecule has 1 amide bonds. The molecule has 18 heavy (non-hydrogen) atoms. The minimum absolute atomic E-state index is 0.0882. The van der Waals surface area contributed by atoms with Gasteiger partial charge in [0.25, 0.3) is 0 Å². The second-order valence-electron chi connectivity index (χ2n) is 4.39. The van der Waals surface area contributed by atoms with Gasteiger partial charge in [-0.1, -0.05) is 15.9 Å². The highest BCUT2D eigenvalue weighted by Gasteiger charge is 2.28. The van der Waals surface area contributed by atoms with Gasteiger partial charge in [-0.3, -0.25) is 4.79 Å². The second kappa shape index (κ2) is 5.48. The standard InChI is InChI=1S/C12H13BrFNO3/c1-12(2,11(17)18)15-10(16)6-7-5-8(14)3-4-9(7)13/h3-5H,6H2,1-2H3,(H,15,16)(H,17,18). The number of carbonyl (C=O) groups is 2. The maximum atomic E-state index is 13.0. The van der Waals surface area contributed by atoms with E-state index in [9.17, 15) is 14.0 Å². The normalized spacial score (nSPS) is 11.1. The van der Waals surface area contributed by atoms with Gasteiger partial charge < -0.3 is 10.4 Å². The fourth-order valence-corrected chi connectivity index (χ4v) is 1.68. The van der Waals surface area contributed by atoms with Gasteiger partial charge in [-0.15, -0.1) is 0 Å². The zero-order valence-corrected chi connectivity index (χ0v) is 11.5. The zero-order valence-electron chi connectivity index (χ0n) is 9.96. The van der Waals surface area contributed by atoms with Crippen molar-refractivity contribution in [3.63, 3.8) is 0 Å². The van der Waals surface area contributed by atoms with Gasteiger partial charge in [0.2, 0.25) is 5.91 Å². The van der Waals surface area contributed by atoms with Crippen LogP contribution in [0.2, 0.25) is 0 Å². The molecule has 0 spiro atoms. The molecule has 1 rings (SSSR count). The molecule has 98 valence electrons. The molecule has 0 unspecified atom stereocenters. The number of halogens is 2. The van der Waals surface area contributed by atoms with Gasteiger partial charge in [-0.25, -0.2) is 9.18 Å². The molecule has 0 fully saturated rings. The summed E-state index contributed by atoms with van der Waals surface area (Å²) in [5, 5.41) is 11.2. The number of aliphatic carboxylic acids is 1. The van der Waals surface area contributed by atoms with E-state index in [4.69, 9.17) is 5.11 Å². The number of rotatable bonds is 4. The maximum absolute atomic E-state index is 13.0. The van der Waals surface area contributed by atoms with E-state index in [0.29, 0.717) is 10.0 Å². The van der Waals surface area contributed by atoms with Crippen molar-refractivity contribution in [1.82, 2.24) is 5.32 Å². The fourth-order valence-electron chi connectivity index (χ4n) is 1.30. The van der Waals surface area contributed by atoms with Gasteiger partial charge in [0, 0.05) is 4.47 Å². The quantitative estimate of drug-likeness (QED) is 0.893. The highest BCUT2D eigenvalue weighted by Crippen LogP contribution is 2.18. The van der Waals surface area contributed by atoms with Crippen molar-refractivity contribution >= 4 is 27.8 Å². The lowest BCUT2D eigenvalue weighted by molar-refractivity contribution is -0.145. The third kappa shape index (κ3) is 3.80. The Hall–Kier alpha value is -1.43. The topological polar surface area (TPSA) is 66.4 Å². The highest BCUT2D eigenvalue weighted by atomic mass is 79.9. The Morgan fingerprint density at radius 1 is 1.44 bits per heavy atom. The van der Waals surface area contributed by atoms with Crippen LogP contribution in [0.15, 0.2) is 22.7 Å². The summed E-state index contributed by atoms with van der Waals surface area (Å²) in [5.74, 6) is -2.05. The highest BCUT2D eigenvalue weighted by molar-refractivity contribution is 9.10. The lowest BCUT2D eigenvalue weighted by Gasteiger charge is -2.21. The first-order valence-corrected chi connectivity index (χ1v) is 6.00. The predicted octanol–water partition coefficient (Wildman–Crippen LogP) is 2.11. The maximum Gasteiger partial charge on any atom is 0.328 e. The zero-order chi connectivity index (χ0) is 13.9. The third-order valence-electron chi connectivity index (χ3n) is 2.35. The number of carboxylic acid groups (broad SMARTS) is 1. The van der Waals surface area contributed by atoms with Crippen LogP contribution in [0.4, 0.5) is 4.39 Å². The van der Waals surface area contributed by atoms with Crippen LogP contribution in [-0.4, -0.2) is 22.5 Å². The van der Waals surface area contributed by atoms with Crippen LogP contribution < -0.4 is 5.32 Å². The number of hydrogen-bond acceptors (Lipinski definition) is 2. The molecular formula is C12H13BrFNO3. The number of benzene rings is 1. The summed E-state index contributed by atoms with van der Waals surface area (Å²) in [4.78, 5) is 22.5. The molecule has 1 aromatic carbocycles. The summed E-state index contributed by atoms with van der Waals surface area (Å²) in [7, 11) is 0. The second-order valence-corrected chi connectivity index (χ2v) is 5.25. The average Bonchev–Trinajstić information content (AvgIpc) is 2.22. The first kappa shape index (κ1) is 14.6.